The third-order valence-corrected chi connectivity index (χ3v) is 4.18. The van der Waals surface area contributed by atoms with Crippen LogP contribution in [0.1, 0.15) is 29.2 Å². The number of aryl methyl sites for hydroxylation is 3. The standard InChI is InChI=1S/C14H17ClF3N5O/c1-7-12(9(3)22(4)20-7)19-10(24)5-6-23-8(2)11(15)13(21-23)14(16,17)18/h5-6H2,1-4H3,(H,19,24). The Kier molecular flexibility index (Phi) is 4.93. The van der Waals surface area contributed by atoms with Crippen molar-refractivity contribution >= 4 is 23.2 Å². The first-order valence-corrected chi connectivity index (χ1v) is 7.50. The van der Waals surface area contributed by atoms with Gasteiger partial charge in [-0.25, -0.2) is 0 Å². The Morgan fingerprint density at radius 3 is 2.29 bits per heavy atom. The number of carbonyl (C=O) groups is 1. The van der Waals surface area contributed by atoms with Gasteiger partial charge in [-0.05, 0) is 20.8 Å². The predicted octanol–water partition coefficient (Wildman–Crippen LogP) is 3.24. The summed E-state index contributed by atoms with van der Waals surface area (Å²) in [5.74, 6) is -0.339. The molecule has 0 saturated heterocycles. The van der Waals surface area contributed by atoms with Crippen LogP contribution < -0.4 is 5.32 Å². The topological polar surface area (TPSA) is 64.7 Å². The van der Waals surface area contributed by atoms with E-state index < -0.39 is 16.9 Å². The zero-order valence-corrected chi connectivity index (χ0v) is 14.4. The van der Waals surface area contributed by atoms with Crippen molar-refractivity contribution in [2.75, 3.05) is 5.32 Å². The summed E-state index contributed by atoms with van der Waals surface area (Å²) >= 11 is 5.67. The van der Waals surface area contributed by atoms with Crippen LogP contribution in [0.25, 0.3) is 0 Å². The van der Waals surface area contributed by atoms with Gasteiger partial charge in [0.1, 0.15) is 0 Å². The van der Waals surface area contributed by atoms with Crippen molar-refractivity contribution in [3.63, 3.8) is 0 Å². The van der Waals surface area contributed by atoms with Gasteiger partial charge in [0.05, 0.1) is 34.3 Å². The maximum Gasteiger partial charge on any atom is 0.436 e. The number of amides is 1. The second kappa shape index (κ2) is 6.46. The minimum absolute atomic E-state index is 0.00811. The lowest BCUT2D eigenvalue weighted by Gasteiger charge is -2.07. The Morgan fingerprint density at radius 1 is 1.21 bits per heavy atom. The van der Waals surface area contributed by atoms with Crippen molar-refractivity contribution < 1.29 is 18.0 Å². The van der Waals surface area contributed by atoms with E-state index in [1.807, 2.05) is 6.92 Å². The molecule has 0 radical (unpaired) electrons. The number of rotatable bonds is 4. The van der Waals surface area contributed by atoms with Crippen molar-refractivity contribution in [3.8, 4) is 0 Å². The van der Waals surface area contributed by atoms with Gasteiger partial charge >= 0.3 is 6.18 Å². The molecule has 10 heteroatoms. The minimum atomic E-state index is -4.63. The summed E-state index contributed by atoms with van der Waals surface area (Å²) in [5.41, 5.74) is 1.10. The zero-order valence-electron chi connectivity index (χ0n) is 13.6. The van der Waals surface area contributed by atoms with Crippen LogP contribution in [0.15, 0.2) is 0 Å². The molecule has 1 N–H and O–H groups in total. The summed E-state index contributed by atoms with van der Waals surface area (Å²) in [6.07, 6.45) is -4.66. The van der Waals surface area contributed by atoms with Gasteiger partial charge in [0.15, 0.2) is 5.69 Å². The van der Waals surface area contributed by atoms with E-state index in [0.29, 0.717) is 11.4 Å². The van der Waals surface area contributed by atoms with Crippen LogP contribution in [-0.4, -0.2) is 25.5 Å². The lowest BCUT2D eigenvalue weighted by molar-refractivity contribution is -0.141. The third-order valence-electron chi connectivity index (χ3n) is 3.73. The fourth-order valence-corrected chi connectivity index (χ4v) is 2.53. The number of nitrogens with one attached hydrogen (secondary N) is 1. The molecule has 0 aromatic carbocycles. The highest BCUT2D eigenvalue weighted by Crippen LogP contribution is 2.35. The van der Waals surface area contributed by atoms with Gasteiger partial charge in [0.25, 0.3) is 0 Å². The Labute approximate surface area is 141 Å². The highest BCUT2D eigenvalue weighted by Gasteiger charge is 2.38. The molecule has 0 spiro atoms. The summed E-state index contributed by atoms with van der Waals surface area (Å²) in [4.78, 5) is 12.1. The molecule has 2 rings (SSSR count). The molecule has 0 aliphatic heterocycles. The number of anilines is 1. The molecule has 0 aliphatic carbocycles. The van der Waals surface area contributed by atoms with Crippen molar-refractivity contribution in [3.05, 3.63) is 27.8 Å². The number of hydrogen-bond donors (Lipinski definition) is 1. The van der Waals surface area contributed by atoms with E-state index >= 15 is 0 Å². The van der Waals surface area contributed by atoms with E-state index in [9.17, 15) is 18.0 Å². The Balaban J connectivity index is 2.07. The number of hydrogen-bond acceptors (Lipinski definition) is 3. The van der Waals surface area contributed by atoms with Crippen LogP contribution in [0.5, 0.6) is 0 Å². The average Bonchev–Trinajstić information content (AvgIpc) is 2.89. The van der Waals surface area contributed by atoms with Gasteiger partial charge in [-0.2, -0.15) is 23.4 Å². The molecule has 6 nitrogen and oxygen atoms in total. The second-order valence-corrected chi connectivity index (χ2v) is 5.81. The minimum Gasteiger partial charge on any atom is -0.323 e. The molecule has 0 aliphatic rings. The highest BCUT2D eigenvalue weighted by atomic mass is 35.5. The smallest absolute Gasteiger partial charge is 0.323 e. The van der Waals surface area contributed by atoms with E-state index in [0.717, 1.165) is 10.4 Å². The first-order chi connectivity index (χ1) is 11.0. The second-order valence-electron chi connectivity index (χ2n) is 5.44. The summed E-state index contributed by atoms with van der Waals surface area (Å²) in [6, 6.07) is 0. The number of alkyl halides is 3. The Hall–Kier alpha value is -2.03. The summed E-state index contributed by atoms with van der Waals surface area (Å²) in [6.45, 7) is 4.99. The molecule has 1 amide bonds. The monoisotopic (exact) mass is 363 g/mol. The summed E-state index contributed by atoms with van der Waals surface area (Å²) < 4.78 is 41.0. The molecule has 0 bridgehead atoms. The van der Waals surface area contributed by atoms with Crippen molar-refractivity contribution in [1.29, 1.82) is 0 Å². The van der Waals surface area contributed by atoms with Crippen LogP contribution in [-0.2, 0) is 24.6 Å². The molecule has 2 heterocycles. The van der Waals surface area contributed by atoms with Gasteiger partial charge in [0.2, 0.25) is 5.91 Å². The zero-order chi connectivity index (χ0) is 18.2. The molecular formula is C14H17ClF3N5O. The summed E-state index contributed by atoms with van der Waals surface area (Å²) in [5, 5.41) is 9.92. The number of carbonyl (C=O) groups excluding carboxylic acids is 1. The fraction of sp³-hybridized carbons (Fsp3) is 0.500. The van der Waals surface area contributed by atoms with E-state index in [1.54, 1.807) is 18.7 Å². The van der Waals surface area contributed by atoms with Gasteiger partial charge in [0, 0.05) is 13.5 Å². The van der Waals surface area contributed by atoms with Crippen LogP contribution >= 0.6 is 11.6 Å². The average molecular weight is 364 g/mol. The number of nitrogens with zero attached hydrogens (tertiary/aromatic N) is 4. The number of halogens is 4. The lowest BCUT2D eigenvalue weighted by atomic mass is 10.3. The SMILES string of the molecule is Cc1nn(C)c(C)c1NC(=O)CCn1nc(C(F)(F)F)c(Cl)c1C. The largest absolute Gasteiger partial charge is 0.436 e. The van der Waals surface area contributed by atoms with E-state index in [4.69, 9.17) is 11.6 Å². The van der Waals surface area contributed by atoms with E-state index in [1.165, 1.54) is 6.92 Å². The van der Waals surface area contributed by atoms with E-state index in [2.05, 4.69) is 15.5 Å². The maximum atomic E-state index is 12.8. The molecule has 0 atom stereocenters. The Morgan fingerprint density at radius 2 is 1.83 bits per heavy atom. The third kappa shape index (κ3) is 3.55. The number of aromatic nitrogens is 4. The van der Waals surface area contributed by atoms with Crippen LogP contribution in [0.2, 0.25) is 5.02 Å². The highest BCUT2D eigenvalue weighted by molar-refractivity contribution is 6.31. The van der Waals surface area contributed by atoms with Gasteiger partial charge in [-0.15, -0.1) is 0 Å². The molecule has 0 unspecified atom stereocenters. The first kappa shape index (κ1) is 18.3. The van der Waals surface area contributed by atoms with Crippen LogP contribution in [0, 0.1) is 20.8 Å². The lowest BCUT2D eigenvalue weighted by Crippen LogP contribution is -2.17. The first-order valence-electron chi connectivity index (χ1n) is 7.12. The van der Waals surface area contributed by atoms with Crippen LogP contribution in [0.3, 0.4) is 0 Å². The summed E-state index contributed by atoms with van der Waals surface area (Å²) in [7, 11) is 1.76. The van der Waals surface area contributed by atoms with Crippen LogP contribution in [0.4, 0.5) is 18.9 Å². The van der Waals surface area contributed by atoms with Crippen molar-refractivity contribution in [2.45, 2.75) is 39.9 Å². The molecule has 2 aromatic rings. The molecular weight excluding hydrogens is 347 g/mol. The molecule has 24 heavy (non-hydrogen) atoms. The Bertz CT molecular complexity index is 778. The van der Waals surface area contributed by atoms with Crippen molar-refractivity contribution in [2.24, 2.45) is 7.05 Å². The fourth-order valence-electron chi connectivity index (χ4n) is 2.29. The van der Waals surface area contributed by atoms with Crippen molar-refractivity contribution in [1.82, 2.24) is 19.6 Å². The maximum absolute atomic E-state index is 12.8. The quantitative estimate of drug-likeness (QED) is 0.907. The van der Waals surface area contributed by atoms with Gasteiger partial charge in [-0.3, -0.25) is 14.2 Å². The molecule has 132 valence electrons. The van der Waals surface area contributed by atoms with E-state index in [-0.39, 0.29) is 24.6 Å². The van der Waals surface area contributed by atoms with Gasteiger partial charge in [-0.1, -0.05) is 11.6 Å². The molecule has 0 fully saturated rings. The molecule has 0 saturated carbocycles. The normalized spacial score (nSPS) is 11.8. The van der Waals surface area contributed by atoms with Gasteiger partial charge < -0.3 is 5.32 Å². The molecule has 2 aromatic heterocycles. The predicted molar refractivity (Wildman–Crippen MR) is 82.9 cm³/mol.